The van der Waals surface area contributed by atoms with E-state index in [2.05, 4.69) is 36.8 Å². The standard InChI is InChI=1S/C22H23BrN6O9/c1-12(30)11-38-21(32)5-4-6-24-18-9-16(25-13(2)31)17(10-20(18)37-3)26-27-22-15(23)7-14(28(33)34)8-19(22)29(35)36/h7-10,24H,4-6,11H2,1-3H3,(H,25,31)/b27-26+. The van der Waals surface area contributed by atoms with Gasteiger partial charge in [-0.15, -0.1) is 10.2 Å². The van der Waals surface area contributed by atoms with Crippen molar-refractivity contribution >= 4 is 67.7 Å². The van der Waals surface area contributed by atoms with Crippen molar-refractivity contribution in [3.05, 3.63) is 49.0 Å². The summed E-state index contributed by atoms with van der Waals surface area (Å²) in [6, 6.07) is 4.74. The molecule has 0 aliphatic heterocycles. The number of halogens is 1. The van der Waals surface area contributed by atoms with Crippen LogP contribution >= 0.6 is 15.9 Å². The van der Waals surface area contributed by atoms with Gasteiger partial charge in [-0.3, -0.25) is 34.6 Å². The summed E-state index contributed by atoms with van der Waals surface area (Å²) in [6.45, 7) is 2.61. The Morgan fingerprint density at radius 3 is 2.32 bits per heavy atom. The van der Waals surface area contributed by atoms with Crippen LogP contribution in [0.25, 0.3) is 0 Å². The number of Topliss-reactive ketones (excluding diaryl/α,β-unsaturated/α-hetero) is 1. The predicted molar refractivity (Wildman–Crippen MR) is 138 cm³/mol. The molecule has 15 nitrogen and oxygen atoms in total. The number of nitro groups is 2. The lowest BCUT2D eigenvalue weighted by atomic mass is 10.2. The quantitative estimate of drug-likeness (QED) is 0.105. The molecule has 0 saturated carbocycles. The fraction of sp³-hybridized carbons (Fsp3) is 0.318. The number of rotatable bonds is 13. The number of ether oxygens (including phenoxy) is 2. The molecule has 1 amide bonds. The number of non-ortho nitro benzene ring substituents is 1. The van der Waals surface area contributed by atoms with Crippen molar-refractivity contribution in [2.75, 3.05) is 30.9 Å². The van der Waals surface area contributed by atoms with Crippen molar-refractivity contribution in [2.45, 2.75) is 26.7 Å². The van der Waals surface area contributed by atoms with Crippen molar-refractivity contribution in [1.82, 2.24) is 0 Å². The Hall–Kier alpha value is -4.47. The Morgan fingerprint density at radius 1 is 1.03 bits per heavy atom. The highest BCUT2D eigenvalue weighted by Crippen LogP contribution is 2.42. The molecule has 0 aliphatic carbocycles. The number of anilines is 2. The maximum absolute atomic E-state index is 11.8. The van der Waals surface area contributed by atoms with Gasteiger partial charge in [0.2, 0.25) is 5.91 Å². The Morgan fingerprint density at radius 2 is 1.74 bits per heavy atom. The summed E-state index contributed by atoms with van der Waals surface area (Å²) in [5.74, 6) is -0.938. The monoisotopic (exact) mass is 594 g/mol. The minimum Gasteiger partial charge on any atom is -0.495 e. The van der Waals surface area contributed by atoms with Gasteiger partial charge in [-0.05, 0) is 35.3 Å². The molecule has 2 N–H and O–H groups in total. The van der Waals surface area contributed by atoms with Crippen LogP contribution in [0.1, 0.15) is 26.7 Å². The molecule has 38 heavy (non-hydrogen) atoms. The molecule has 0 unspecified atom stereocenters. The average Bonchev–Trinajstić information content (AvgIpc) is 2.84. The zero-order valence-electron chi connectivity index (χ0n) is 20.5. The molecule has 0 radical (unpaired) electrons. The van der Waals surface area contributed by atoms with E-state index in [9.17, 15) is 34.6 Å². The van der Waals surface area contributed by atoms with Gasteiger partial charge in [-0.2, -0.15) is 0 Å². The van der Waals surface area contributed by atoms with E-state index < -0.39 is 33.1 Å². The van der Waals surface area contributed by atoms with Gasteiger partial charge < -0.3 is 20.1 Å². The van der Waals surface area contributed by atoms with Crippen LogP contribution in [0.3, 0.4) is 0 Å². The van der Waals surface area contributed by atoms with E-state index in [1.165, 1.54) is 33.1 Å². The molecule has 0 heterocycles. The lowest BCUT2D eigenvalue weighted by Gasteiger charge is -2.15. The van der Waals surface area contributed by atoms with Crippen LogP contribution in [0.4, 0.5) is 34.1 Å². The third-order valence-electron chi connectivity index (χ3n) is 4.63. The summed E-state index contributed by atoms with van der Waals surface area (Å²) >= 11 is 3.05. The largest absolute Gasteiger partial charge is 0.495 e. The molecular formula is C22H23BrN6O9. The highest BCUT2D eigenvalue weighted by atomic mass is 79.9. The molecule has 0 fully saturated rings. The number of ketones is 1. The number of benzene rings is 2. The van der Waals surface area contributed by atoms with Crippen molar-refractivity contribution < 1.29 is 33.7 Å². The Balaban J connectivity index is 2.34. The summed E-state index contributed by atoms with van der Waals surface area (Å²) in [4.78, 5) is 55.3. The average molecular weight is 595 g/mol. The predicted octanol–water partition coefficient (Wildman–Crippen LogP) is 4.97. The van der Waals surface area contributed by atoms with Gasteiger partial charge in [-0.1, -0.05) is 0 Å². The molecule has 2 aromatic rings. The highest BCUT2D eigenvalue weighted by molar-refractivity contribution is 9.10. The van der Waals surface area contributed by atoms with E-state index >= 15 is 0 Å². The molecule has 0 atom stereocenters. The van der Waals surface area contributed by atoms with Gasteiger partial charge in [0, 0.05) is 32.0 Å². The zero-order chi connectivity index (χ0) is 28.4. The number of azo groups is 1. The van der Waals surface area contributed by atoms with Crippen LogP contribution in [0.5, 0.6) is 5.75 Å². The third-order valence-corrected chi connectivity index (χ3v) is 5.24. The summed E-state index contributed by atoms with van der Waals surface area (Å²) in [7, 11) is 1.39. The number of methoxy groups -OCH3 is 1. The maximum Gasteiger partial charge on any atom is 0.306 e. The van der Waals surface area contributed by atoms with E-state index in [-0.39, 0.29) is 46.1 Å². The fourth-order valence-electron chi connectivity index (χ4n) is 2.98. The SMILES string of the molecule is COc1cc(/N=N/c2c(Br)cc([N+](=O)[O-])cc2[N+](=O)[O-])c(NC(C)=O)cc1NCCCC(=O)OCC(C)=O. The first-order chi connectivity index (χ1) is 17.9. The first-order valence-electron chi connectivity index (χ1n) is 10.9. The molecule has 202 valence electrons. The van der Waals surface area contributed by atoms with Crippen LogP contribution in [0.15, 0.2) is 39.0 Å². The van der Waals surface area contributed by atoms with Crippen LogP contribution in [-0.4, -0.2) is 47.8 Å². The van der Waals surface area contributed by atoms with E-state index in [1.54, 1.807) is 0 Å². The van der Waals surface area contributed by atoms with Gasteiger partial charge in [0.25, 0.3) is 5.69 Å². The minimum absolute atomic E-state index is 0.0321. The van der Waals surface area contributed by atoms with Gasteiger partial charge >= 0.3 is 11.7 Å². The maximum atomic E-state index is 11.8. The van der Waals surface area contributed by atoms with Gasteiger partial charge in [0.05, 0.1) is 38.9 Å². The molecule has 0 aliphatic rings. The van der Waals surface area contributed by atoms with Crippen LogP contribution in [-0.2, 0) is 19.1 Å². The van der Waals surface area contributed by atoms with Crippen molar-refractivity contribution in [1.29, 1.82) is 0 Å². The smallest absolute Gasteiger partial charge is 0.306 e. The molecule has 0 aromatic heterocycles. The van der Waals surface area contributed by atoms with Crippen LogP contribution in [0.2, 0.25) is 0 Å². The fourth-order valence-corrected chi connectivity index (χ4v) is 3.49. The lowest BCUT2D eigenvalue weighted by molar-refractivity contribution is -0.393. The lowest BCUT2D eigenvalue weighted by Crippen LogP contribution is -2.13. The van der Waals surface area contributed by atoms with Gasteiger partial charge in [0.1, 0.15) is 18.0 Å². The summed E-state index contributed by atoms with van der Waals surface area (Å²) in [5, 5.41) is 36.1. The summed E-state index contributed by atoms with van der Waals surface area (Å²) < 4.78 is 10.1. The van der Waals surface area contributed by atoms with Crippen LogP contribution in [0, 0.1) is 20.2 Å². The number of esters is 1. The molecule has 2 aromatic carbocycles. The molecular weight excluding hydrogens is 572 g/mol. The van der Waals surface area contributed by atoms with Crippen LogP contribution < -0.4 is 15.4 Å². The first-order valence-corrected chi connectivity index (χ1v) is 11.6. The Bertz CT molecular complexity index is 1300. The molecule has 16 heteroatoms. The van der Waals surface area contributed by atoms with Gasteiger partial charge in [0.15, 0.2) is 11.5 Å². The normalized spacial score (nSPS) is 10.6. The zero-order valence-corrected chi connectivity index (χ0v) is 22.1. The second-order valence-corrected chi connectivity index (χ2v) is 8.51. The second-order valence-electron chi connectivity index (χ2n) is 7.65. The minimum atomic E-state index is -0.829. The van der Waals surface area contributed by atoms with E-state index in [4.69, 9.17) is 9.47 Å². The van der Waals surface area contributed by atoms with Crippen molar-refractivity contribution in [3.63, 3.8) is 0 Å². The summed E-state index contributed by atoms with van der Waals surface area (Å²) in [6.07, 6.45) is 0.436. The number of carbonyl (C=O) groups excluding carboxylic acids is 3. The highest BCUT2D eigenvalue weighted by Gasteiger charge is 2.24. The number of nitrogens with one attached hydrogen (secondary N) is 2. The number of nitro benzene ring substituents is 2. The Kier molecular flexibility index (Phi) is 10.8. The van der Waals surface area contributed by atoms with Crippen molar-refractivity contribution in [3.8, 4) is 5.75 Å². The number of carbonyl (C=O) groups is 3. The molecule has 0 bridgehead atoms. The molecule has 0 spiro atoms. The van der Waals surface area contributed by atoms with Gasteiger partial charge in [-0.25, -0.2) is 0 Å². The second kappa shape index (κ2) is 13.7. The molecule has 0 saturated heterocycles. The Labute approximate surface area is 224 Å². The molecule has 2 rings (SSSR count). The first kappa shape index (κ1) is 29.8. The van der Waals surface area contributed by atoms with E-state index in [1.807, 2.05) is 0 Å². The van der Waals surface area contributed by atoms with E-state index in [0.29, 0.717) is 18.7 Å². The number of nitrogens with zero attached hydrogens (tertiary/aromatic N) is 4. The van der Waals surface area contributed by atoms with E-state index in [0.717, 1.165) is 12.1 Å². The summed E-state index contributed by atoms with van der Waals surface area (Å²) in [5.41, 5.74) is -0.725. The topological polar surface area (TPSA) is 205 Å². The number of hydrogen-bond acceptors (Lipinski definition) is 12. The number of hydrogen-bond donors (Lipinski definition) is 2. The number of amides is 1. The van der Waals surface area contributed by atoms with Crippen molar-refractivity contribution in [2.24, 2.45) is 10.2 Å². The third kappa shape index (κ3) is 8.58.